The highest BCUT2D eigenvalue weighted by molar-refractivity contribution is 5.22. The third kappa shape index (κ3) is 3.38. The van der Waals surface area contributed by atoms with Gasteiger partial charge in [-0.05, 0) is 25.8 Å². The number of ether oxygens (including phenoxy) is 1. The summed E-state index contributed by atoms with van der Waals surface area (Å²) in [5, 5.41) is 10.8. The molecule has 1 atom stereocenters. The Balaban J connectivity index is 2.04. The van der Waals surface area contributed by atoms with Gasteiger partial charge in [0.05, 0.1) is 13.2 Å². The maximum absolute atomic E-state index is 10.8. The van der Waals surface area contributed by atoms with Crippen LogP contribution in [0.15, 0.2) is 30.3 Å². The van der Waals surface area contributed by atoms with Gasteiger partial charge >= 0.3 is 0 Å². The SMILES string of the molecule is CC1(C)COCCN1CCC(O)(CN)c1ccccc1. The second-order valence-electron chi connectivity index (χ2n) is 6.20. The number of aliphatic hydroxyl groups is 1. The minimum Gasteiger partial charge on any atom is -0.384 e. The van der Waals surface area contributed by atoms with Crippen LogP contribution < -0.4 is 5.73 Å². The highest BCUT2D eigenvalue weighted by Gasteiger charge is 2.34. The van der Waals surface area contributed by atoms with Gasteiger partial charge in [-0.25, -0.2) is 0 Å². The molecule has 0 aromatic heterocycles. The Kier molecular flexibility index (Phi) is 4.81. The van der Waals surface area contributed by atoms with Crippen LogP contribution in [0.1, 0.15) is 25.8 Å². The van der Waals surface area contributed by atoms with Crippen molar-refractivity contribution in [3.8, 4) is 0 Å². The lowest BCUT2D eigenvalue weighted by molar-refractivity contribution is -0.0641. The quantitative estimate of drug-likeness (QED) is 0.853. The van der Waals surface area contributed by atoms with Gasteiger partial charge < -0.3 is 15.6 Å². The minimum atomic E-state index is -0.949. The molecule has 1 heterocycles. The lowest BCUT2D eigenvalue weighted by Crippen LogP contribution is -2.54. The largest absolute Gasteiger partial charge is 0.384 e. The number of hydrogen-bond acceptors (Lipinski definition) is 4. The van der Waals surface area contributed by atoms with Crippen LogP contribution >= 0.6 is 0 Å². The van der Waals surface area contributed by atoms with Crippen LogP contribution in [0.3, 0.4) is 0 Å². The molecule has 0 aliphatic carbocycles. The summed E-state index contributed by atoms with van der Waals surface area (Å²) in [7, 11) is 0. The highest BCUT2D eigenvalue weighted by atomic mass is 16.5. The number of benzene rings is 1. The summed E-state index contributed by atoms with van der Waals surface area (Å²) in [6.07, 6.45) is 0.636. The molecule has 3 N–H and O–H groups in total. The standard InChI is InChI=1S/C16H26N2O2/c1-15(2)13-20-11-10-18(15)9-8-16(19,12-17)14-6-4-3-5-7-14/h3-7,19H,8-13,17H2,1-2H3. The van der Waals surface area contributed by atoms with Crippen molar-refractivity contribution in [2.45, 2.75) is 31.4 Å². The molecule has 2 rings (SSSR count). The van der Waals surface area contributed by atoms with E-state index in [0.717, 1.165) is 31.9 Å². The maximum atomic E-state index is 10.8. The Labute approximate surface area is 121 Å². The Morgan fingerprint density at radius 1 is 1.35 bits per heavy atom. The van der Waals surface area contributed by atoms with E-state index in [2.05, 4.69) is 18.7 Å². The van der Waals surface area contributed by atoms with Crippen LogP contribution in [-0.4, -0.2) is 48.4 Å². The van der Waals surface area contributed by atoms with E-state index < -0.39 is 5.60 Å². The number of morpholine rings is 1. The normalized spacial score (nSPS) is 22.4. The number of nitrogens with zero attached hydrogens (tertiary/aromatic N) is 1. The van der Waals surface area contributed by atoms with Gasteiger partial charge in [-0.15, -0.1) is 0 Å². The Morgan fingerprint density at radius 3 is 2.65 bits per heavy atom. The first-order chi connectivity index (χ1) is 9.48. The first-order valence-electron chi connectivity index (χ1n) is 7.29. The Hall–Kier alpha value is -0.940. The van der Waals surface area contributed by atoms with Gasteiger partial charge in [0.1, 0.15) is 5.60 Å². The molecule has 0 spiro atoms. The molecule has 112 valence electrons. The monoisotopic (exact) mass is 278 g/mol. The summed E-state index contributed by atoms with van der Waals surface area (Å²) >= 11 is 0. The molecule has 1 unspecified atom stereocenters. The van der Waals surface area contributed by atoms with E-state index in [4.69, 9.17) is 10.5 Å². The third-order valence-corrected chi connectivity index (χ3v) is 4.26. The molecule has 1 aliphatic rings. The molecule has 0 saturated carbocycles. The molecule has 0 radical (unpaired) electrons. The molecule has 0 amide bonds. The van der Waals surface area contributed by atoms with Crippen molar-refractivity contribution in [3.05, 3.63) is 35.9 Å². The summed E-state index contributed by atoms with van der Waals surface area (Å²) in [4.78, 5) is 2.38. The molecule has 1 aliphatic heterocycles. The topological polar surface area (TPSA) is 58.7 Å². The third-order valence-electron chi connectivity index (χ3n) is 4.26. The van der Waals surface area contributed by atoms with Crippen LogP contribution in [0.25, 0.3) is 0 Å². The van der Waals surface area contributed by atoms with Crippen molar-refractivity contribution < 1.29 is 9.84 Å². The second kappa shape index (κ2) is 6.22. The van der Waals surface area contributed by atoms with Crippen molar-refractivity contribution in [2.24, 2.45) is 5.73 Å². The fraction of sp³-hybridized carbons (Fsp3) is 0.625. The van der Waals surface area contributed by atoms with Gasteiger partial charge in [0.25, 0.3) is 0 Å². The van der Waals surface area contributed by atoms with E-state index in [9.17, 15) is 5.11 Å². The summed E-state index contributed by atoms with van der Waals surface area (Å²) in [5.41, 5.74) is 5.80. The van der Waals surface area contributed by atoms with Gasteiger partial charge in [-0.2, -0.15) is 0 Å². The van der Waals surface area contributed by atoms with Crippen LogP contribution in [0, 0.1) is 0 Å². The Bertz CT molecular complexity index is 422. The Morgan fingerprint density at radius 2 is 2.05 bits per heavy atom. The van der Waals surface area contributed by atoms with Crippen LogP contribution in [-0.2, 0) is 10.3 Å². The average molecular weight is 278 g/mol. The molecule has 0 bridgehead atoms. The van der Waals surface area contributed by atoms with Crippen molar-refractivity contribution in [1.82, 2.24) is 4.90 Å². The van der Waals surface area contributed by atoms with Gasteiger partial charge in [0.2, 0.25) is 0 Å². The fourth-order valence-electron chi connectivity index (χ4n) is 2.74. The summed E-state index contributed by atoms with van der Waals surface area (Å²) in [6, 6.07) is 9.71. The van der Waals surface area contributed by atoms with Crippen LogP contribution in [0.5, 0.6) is 0 Å². The van der Waals surface area contributed by atoms with Crippen molar-refractivity contribution in [1.29, 1.82) is 0 Å². The van der Waals surface area contributed by atoms with E-state index in [1.807, 2.05) is 30.3 Å². The van der Waals surface area contributed by atoms with Crippen molar-refractivity contribution in [2.75, 3.05) is 32.8 Å². The summed E-state index contributed by atoms with van der Waals surface area (Å²) in [6.45, 7) is 7.81. The number of hydrogen-bond donors (Lipinski definition) is 2. The predicted octanol–water partition coefficient (Wildman–Crippen LogP) is 1.33. The molecule has 1 fully saturated rings. The van der Waals surface area contributed by atoms with E-state index in [1.165, 1.54) is 0 Å². The first kappa shape index (κ1) is 15.4. The number of rotatable bonds is 5. The molecule has 1 aromatic carbocycles. The minimum absolute atomic E-state index is 0.0183. The highest BCUT2D eigenvalue weighted by Crippen LogP contribution is 2.27. The van der Waals surface area contributed by atoms with E-state index >= 15 is 0 Å². The van der Waals surface area contributed by atoms with Crippen LogP contribution in [0.4, 0.5) is 0 Å². The van der Waals surface area contributed by atoms with E-state index in [0.29, 0.717) is 6.42 Å². The van der Waals surface area contributed by atoms with Gasteiger partial charge in [0.15, 0.2) is 0 Å². The summed E-state index contributed by atoms with van der Waals surface area (Å²) in [5.74, 6) is 0. The van der Waals surface area contributed by atoms with Crippen molar-refractivity contribution in [3.63, 3.8) is 0 Å². The molecular formula is C16H26N2O2. The smallest absolute Gasteiger partial charge is 0.103 e. The maximum Gasteiger partial charge on any atom is 0.103 e. The van der Waals surface area contributed by atoms with Crippen LogP contribution in [0.2, 0.25) is 0 Å². The molecule has 1 saturated heterocycles. The molecule has 4 heteroatoms. The second-order valence-corrected chi connectivity index (χ2v) is 6.20. The fourth-order valence-corrected chi connectivity index (χ4v) is 2.74. The zero-order chi connectivity index (χ0) is 14.6. The number of nitrogens with two attached hydrogens (primary N) is 1. The van der Waals surface area contributed by atoms with E-state index in [-0.39, 0.29) is 12.1 Å². The first-order valence-corrected chi connectivity index (χ1v) is 7.29. The lowest BCUT2D eigenvalue weighted by atomic mass is 9.89. The van der Waals surface area contributed by atoms with Gasteiger partial charge in [0, 0.05) is 25.2 Å². The zero-order valence-electron chi connectivity index (χ0n) is 12.5. The zero-order valence-corrected chi connectivity index (χ0v) is 12.5. The molecular weight excluding hydrogens is 252 g/mol. The van der Waals surface area contributed by atoms with Crippen molar-refractivity contribution >= 4 is 0 Å². The molecule has 4 nitrogen and oxygen atoms in total. The average Bonchev–Trinajstić information content (AvgIpc) is 2.46. The lowest BCUT2D eigenvalue weighted by Gasteiger charge is -2.43. The summed E-state index contributed by atoms with van der Waals surface area (Å²) < 4.78 is 5.53. The van der Waals surface area contributed by atoms with Gasteiger partial charge in [-0.3, -0.25) is 4.90 Å². The predicted molar refractivity (Wildman–Crippen MR) is 80.5 cm³/mol. The molecule has 20 heavy (non-hydrogen) atoms. The molecule has 1 aromatic rings. The van der Waals surface area contributed by atoms with Gasteiger partial charge in [-0.1, -0.05) is 30.3 Å². The van der Waals surface area contributed by atoms with E-state index in [1.54, 1.807) is 0 Å².